The predicted molar refractivity (Wildman–Crippen MR) is 77.5 cm³/mol. The molecule has 2 aromatic carbocycles. The second-order valence-corrected chi connectivity index (χ2v) is 5.76. The summed E-state index contributed by atoms with van der Waals surface area (Å²) in [6.07, 6.45) is 0. The minimum atomic E-state index is -4.49. The van der Waals surface area contributed by atoms with Gasteiger partial charge in [0.05, 0.1) is 4.92 Å². The highest BCUT2D eigenvalue weighted by Crippen LogP contribution is 2.26. The lowest BCUT2D eigenvalue weighted by atomic mass is 10.2. The fraction of sp³-hybridized carbons (Fsp3) is 0.0769. The van der Waals surface area contributed by atoms with Crippen LogP contribution in [0, 0.1) is 10.1 Å². The van der Waals surface area contributed by atoms with Gasteiger partial charge in [-0.2, -0.15) is 8.42 Å². The molecule has 1 unspecified atom stereocenters. The lowest BCUT2D eigenvalue weighted by Gasteiger charge is -2.17. The number of benzene rings is 2. The number of anilines is 1. The first-order valence-electron chi connectivity index (χ1n) is 5.90. The van der Waals surface area contributed by atoms with Crippen LogP contribution in [0.3, 0.4) is 0 Å². The van der Waals surface area contributed by atoms with E-state index in [4.69, 9.17) is 0 Å². The smallest absolute Gasteiger partial charge is 0.290 e. The molecule has 1 atom stereocenters. The largest absolute Gasteiger partial charge is 0.363 e. The van der Waals surface area contributed by atoms with Crippen molar-refractivity contribution in [2.45, 2.75) is 5.37 Å². The lowest BCUT2D eigenvalue weighted by molar-refractivity contribution is -0.384. The van der Waals surface area contributed by atoms with Crippen molar-refractivity contribution >= 4 is 21.5 Å². The van der Waals surface area contributed by atoms with E-state index in [-0.39, 0.29) is 11.3 Å². The molecule has 7 nitrogen and oxygen atoms in total. The molecule has 2 rings (SSSR count). The maximum atomic E-state index is 11.5. The van der Waals surface area contributed by atoms with E-state index in [1.807, 2.05) is 0 Å². The van der Waals surface area contributed by atoms with Gasteiger partial charge in [0, 0.05) is 17.8 Å². The minimum Gasteiger partial charge on any atom is -0.363 e. The topological polar surface area (TPSA) is 110 Å². The quantitative estimate of drug-likeness (QED) is 0.499. The van der Waals surface area contributed by atoms with Gasteiger partial charge in [0.1, 0.15) is 0 Å². The van der Waals surface area contributed by atoms with Crippen LogP contribution < -0.4 is 5.32 Å². The second-order valence-electron chi connectivity index (χ2n) is 4.26. The first kappa shape index (κ1) is 14.9. The third kappa shape index (κ3) is 3.77. The lowest BCUT2D eigenvalue weighted by Crippen LogP contribution is -2.20. The molecule has 0 saturated carbocycles. The van der Waals surface area contributed by atoms with E-state index in [1.54, 1.807) is 30.3 Å². The summed E-state index contributed by atoms with van der Waals surface area (Å²) >= 11 is 0. The van der Waals surface area contributed by atoms with Crippen LogP contribution in [0.25, 0.3) is 0 Å². The van der Waals surface area contributed by atoms with Crippen LogP contribution in [-0.2, 0) is 10.1 Å². The normalized spacial score (nSPS) is 12.6. The Morgan fingerprint density at radius 3 is 2.33 bits per heavy atom. The van der Waals surface area contributed by atoms with Crippen LogP contribution in [0.1, 0.15) is 10.9 Å². The monoisotopic (exact) mass is 308 g/mol. The first-order chi connectivity index (χ1) is 9.88. The Labute approximate surface area is 121 Å². The number of non-ortho nitro benzene ring substituents is 1. The number of hydrogen-bond donors (Lipinski definition) is 2. The van der Waals surface area contributed by atoms with Crippen molar-refractivity contribution in [3.05, 3.63) is 70.3 Å². The Morgan fingerprint density at radius 2 is 1.76 bits per heavy atom. The summed E-state index contributed by atoms with van der Waals surface area (Å²) in [4.78, 5) is 10.1. The van der Waals surface area contributed by atoms with Gasteiger partial charge in [0.25, 0.3) is 15.8 Å². The molecule has 0 aromatic heterocycles. The van der Waals surface area contributed by atoms with Gasteiger partial charge in [-0.1, -0.05) is 30.3 Å². The third-order valence-corrected chi connectivity index (χ3v) is 3.74. The highest BCUT2D eigenvalue weighted by molar-refractivity contribution is 7.86. The highest BCUT2D eigenvalue weighted by atomic mass is 32.2. The van der Waals surface area contributed by atoms with E-state index in [9.17, 15) is 23.1 Å². The van der Waals surface area contributed by atoms with E-state index in [1.165, 1.54) is 18.2 Å². The SMILES string of the molecule is O=[N+]([O-])c1cccc(C(Nc2ccccc2)S(=O)(=O)O)c1. The molecule has 21 heavy (non-hydrogen) atoms. The molecule has 0 spiro atoms. The maximum Gasteiger partial charge on any atom is 0.290 e. The summed E-state index contributed by atoms with van der Waals surface area (Å²) in [7, 11) is -4.49. The fourth-order valence-corrected chi connectivity index (χ4v) is 2.59. The van der Waals surface area contributed by atoms with Crippen molar-refractivity contribution in [1.82, 2.24) is 0 Å². The van der Waals surface area contributed by atoms with E-state index in [0.29, 0.717) is 5.69 Å². The number of nitrogens with one attached hydrogen (secondary N) is 1. The van der Waals surface area contributed by atoms with Crippen molar-refractivity contribution in [3.63, 3.8) is 0 Å². The number of rotatable bonds is 5. The summed E-state index contributed by atoms with van der Waals surface area (Å²) in [5.74, 6) is 0. The summed E-state index contributed by atoms with van der Waals surface area (Å²) < 4.78 is 32.4. The van der Waals surface area contributed by atoms with Crippen molar-refractivity contribution in [1.29, 1.82) is 0 Å². The Balaban J connectivity index is 2.42. The average Bonchev–Trinajstić information content (AvgIpc) is 2.45. The van der Waals surface area contributed by atoms with Crippen LogP contribution in [0.4, 0.5) is 11.4 Å². The van der Waals surface area contributed by atoms with Gasteiger partial charge in [0.15, 0.2) is 5.37 Å². The first-order valence-corrected chi connectivity index (χ1v) is 7.40. The molecule has 0 radical (unpaired) electrons. The van der Waals surface area contributed by atoms with Crippen molar-refractivity contribution in [2.75, 3.05) is 5.32 Å². The zero-order valence-corrected chi connectivity index (χ0v) is 11.5. The molecule has 0 saturated heterocycles. The fourth-order valence-electron chi connectivity index (χ4n) is 1.82. The number of para-hydroxylation sites is 1. The Kier molecular flexibility index (Phi) is 4.20. The van der Waals surface area contributed by atoms with Crippen LogP contribution in [0.15, 0.2) is 54.6 Å². The maximum absolute atomic E-state index is 11.5. The molecule has 0 aliphatic heterocycles. The number of nitrogens with zero attached hydrogens (tertiary/aromatic N) is 1. The number of hydrogen-bond acceptors (Lipinski definition) is 5. The van der Waals surface area contributed by atoms with Gasteiger partial charge in [-0.3, -0.25) is 14.7 Å². The van der Waals surface area contributed by atoms with Crippen LogP contribution in [-0.4, -0.2) is 17.9 Å². The molecule has 0 aliphatic carbocycles. The average molecular weight is 308 g/mol. The molecular weight excluding hydrogens is 296 g/mol. The van der Waals surface area contributed by atoms with Gasteiger partial charge in [-0.05, 0) is 17.7 Å². The van der Waals surface area contributed by atoms with Gasteiger partial charge in [-0.15, -0.1) is 0 Å². The standard InChI is InChI=1S/C13H12N2O5S/c16-15(17)12-8-4-5-10(9-12)13(21(18,19)20)14-11-6-2-1-3-7-11/h1-9,13-14H,(H,18,19,20). The third-order valence-electron chi connectivity index (χ3n) is 2.75. The van der Waals surface area contributed by atoms with E-state index in [0.717, 1.165) is 6.07 Å². The molecule has 8 heteroatoms. The summed E-state index contributed by atoms with van der Waals surface area (Å²) in [6, 6.07) is 13.5. The van der Waals surface area contributed by atoms with Crippen LogP contribution >= 0.6 is 0 Å². The van der Waals surface area contributed by atoms with Gasteiger partial charge in [0.2, 0.25) is 0 Å². The number of nitro groups is 1. The Morgan fingerprint density at radius 1 is 1.10 bits per heavy atom. The molecule has 0 fully saturated rings. The van der Waals surface area contributed by atoms with E-state index < -0.39 is 20.4 Å². The molecule has 0 heterocycles. The van der Waals surface area contributed by atoms with Gasteiger partial charge >= 0.3 is 0 Å². The van der Waals surface area contributed by atoms with Crippen molar-refractivity contribution in [2.24, 2.45) is 0 Å². The summed E-state index contributed by atoms with van der Waals surface area (Å²) in [5.41, 5.74) is 0.290. The number of nitro benzene ring substituents is 1. The molecule has 2 aromatic rings. The second kappa shape index (κ2) is 5.90. The molecule has 110 valence electrons. The zero-order chi connectivity index (χ0) is 15.5. The van der Waals surface area contributed by atoms with Crippen LogP contribution in [0.5, 0.6) is 0 Å². The van der Waals surface area contributed by atoms with E-state index in [2.05, 4.69) is 5.32 Å². The molecule has 2 N–H and O–H groups in total. The van der Waals surface area contributed by atoms with Gasteiger partial charge in [-0.25, -0.2) is 0 Å². The Bertz CT molecular complexity index is 746. The Hall–Kier alpha value is -2.45. The van der Waals surface area contributed by atoms with Gasteiger partial charge < -0.3 is 5.32 Å². The predicted octanol–water partition coefficient (Wildman–Crippen LogP) is 2.59. The highest BCUT2D eigenvalue weighted by Gasteiger charge is 2.26. The minimum absolute atomic E-state index is 0.0792. The van der Waals surface area contributed by atoms with Crippen LogP contribution in [0.2, 0.25) is 0 Å². The molecular formula is C13H12N2O5S. The van der Waals surface area contributed by atoms with Crippen molar-refractivity contribution in [3.8, 4) is 0 Å². The van der Waals surface area contributed by atoms with Crippen molar-refractivity contribution < 1.29 is 17.9 Å². The summed E-state index contributed by atoms with van der Waals surface area (Å²) in [6.45, 7) is 0. The molecule has 0 aliphatic rings. The van der Waals surface area contributed by atoms with E-state index >= 15 is 0 Å². The zero-order valence-electron chi connectivity index (χ0n) is 10.7. The molecule has 0 bridgehead atoms. The molecule has 0 amide bonds. The summed E-state index contributed by atoms with van der Waals surface area (Å²) in [5, 5.41) is 11.9.